The zero-order chi connectivity index (χ0) is 39.3. The van der Waals surface area contributed by atoms with E-state index in [9.17, 15) is 52.7 Å². The van der Waals surface area contributed by atoms with Gasteiger partial charge in [-0.1, -0.05) is 15.2 Å². The smallest absolute Gasteiger partial charge is 0.462 e. The van der Waals surface area contributed by atoms with E-state index in [0.29, 0.717) is 15.2 Å². The zero-order valence-corrected chi connectivity index (χ0v) is 28.7. The Morgan fingerprint density at radius 2 is 0.796 bits per heavy atom. The van der Waals surface area contributed by atoms with Crippen LogP contribution in [0.5, 0.6) is 0 Å². The van der Waals surface area contributed by atoms with Gasteiger partial charge in [-0.2, -0.15) is 0 Å². The summed E-state index contributed by atoms with van der Waals surface area (Å²) < 4.78 is 31.0. The Kier molecular flexibility index (Phi) is 14.6. The zero-order valence-electron chi connectivity index (χ0n) is 28.7. The number of hydrogen-bond acceptors (Lipinski definition) is 20. The predicted molar refractivity (Wildman–Crippen MR) is 161 cm³/mol. The van der Waals surface area contributed by atoms with Crippen molar-refractivity contribution in [1.29, 1.82) is 0 Å². The van der Waals surface area contributed by atoms with Gasteiger partial charge in [-0.15, -0.1) is 0 Å². The monoisotopic (exact) mass is 772 g/mol. The maximum Gasteiger partial charge on any atom is 0.534 e. The average molecular weight is 773 g/mol. The minimum atomic E-state index is -1.41. The van der Waals surface area contributed by atoms with E-state index in [0.717, 1.165) is 0 Å². The molecule has 0 unspecified atom stereocenters. The van der Waals surface area contributed by atoms with Crippen LogP contribution in [0, 0.1) is 0 Å². The molecule has 0 aromatic carbocycles. The molecule has 0 radical (unpaired) electrons. The van der Waals surface area contributed by atoms with Crippen molar-refractivity contribution in [3.63, 3.8) is 0 Å². The van der Waals surface area contributed by atoms with Crippen LogP contribution in [0.15, 0.2) is 0 Å². The number of amides is 7. The normalized spacial score (nSPS) is 18.2. The topological polar surface area (TPSA) is 284 Å². The van der Waals surface area contributed by atoms with Gasteiger partial charge in [0.2, 0.25) is 5.91 Å². The standard InChI is InChI=1S/C30H36N4O20/c35-19(7-8-26(42)46-13-14-47-27(43)52-32-20(36)1-2-21(32)37)31-11-9-30(10-12-31,50-17-15-48-28(44)53-33-22(38)3-4-23(33)39)51-18-16-49-29(45)54-34-24(40)5-6-25(34)41/h1-18H2. The maximum atomic E-state index is 12.8. The number of carbonyl (C=O) groups is 11. The second kappa shape index (κ2) is 19.2. The molecular weight excluding hydrogens is 736 g/mol. The van der Waals surface area contributed by atoms with Crippen LogP contribution in [0.2, 0.25) is 0 Å². The lowest BCUT2D eigenvalue weighted by molar-refractivity contribution is -0.262. The first kappa shape index (κ1) is 40.9. The van der Waals surface area contributed by atoms with E-state index in [2.05, 4.69) is 19.2 Å². The number of hydrogen-bond donors (Lipinski definition) is 0. The molecule has 0 aliphatic carbocycles. The minimum absolute atomic E-state index is 0.0493. The van der Waals surface area contributed by atoms with Crippen LogP contribution in [0.1, 0.15) is 64.2 Å². The number of carbonyl (C=O) groups excluding carboxylic acids is 11. The quantitative estimate of drug-likeness (QED) is 0.0581. The van der Waals surface area contributed by atoms with Crippen LogP contribution in [0.4, 0.5) is 14.4 Å². The summed E-state index contributed by atoms with van der Waals surface area (Å²) >= 11 is 0. The molecule has 24 nitrogen and oxygen atoms in total. The molecule has 4 saturated heterocycles. The van der Waals surface area contributed by atoms with E-state index in [4.69, 9.17) is 23.7 Å². The van der Waals surface area contributed by atoms with Gasteiger partial charge in [-0.25, -0.2) is 14.4 Å². The third-order valence-corrected chi connectivity index (χ3v) is 7.84. The van der Waals surface area contributed by atoms with Gasteiger partial charge in [0.1, 0.15) is 26.4 Å². The molecule has 0 bridgehead atoms. The van der Waals surface area contributed by atoms with Crippen LogP contribution in [0.25, 0.3) is 0 Å². The number of piperidine rings is 1. The molecule has 4 fully saturated rings. The lowest BCUT2D eigenvalue weighted by Gasteiger charge is -2.41. The number of rotatable bonds is 17. The lowest BCUT2D eigenvalue weighted by Crippen LogP contribution is -2.50. The second-order valence-corrected chi connectivity index (χ2v) is 11.5. The van der Waals surface area contributed by atoms with E-state index >= 15 is 0 Å². The first-order valence-electron chi connectivity index (χ1n) is 16.6. The van der Waals surface area contributed by atoms with Gasteiger partial charge >= 0.3 is 24.4 Å². The molecule has 4 rings (SSSR count). The first-order chi connectivity index (χ1) is 25.8. The molecular formula is C30H36N4O20. The van der Waals surface area contributed by atoms with E-state index in [-0.39, 0.29) is 90.5 Å². The molecule has 4 heterocycles. The highest BCUT2D eigenvalue weighted by molar-refractivity contribution is 6.02. The summed E-state index contributed by atoms with van der Waals surface area (Å²) in [6, 6.07) is 0. The number of imide groups is 3. The number of nitrogens with zero attached hydrogens (tertiary/aromatic N) is 4. The second-order valence-electron chi connectivity index (χ2n) is 11.5. The van der Waals surface area contributed by atoms with Crippen molar-refractivity contribution in [1.82, 2.24) is 20.1 Å². The summed E-state index contributed by atoms with van der Waals surface area (Å²) in [7, 11) is 0. The van der Waals surface area contributed by atoms with Crippen molar-refractivity contribution in [2.24, 2.45) is 0 Å². The highest BCUT2D eigenvalue weighted by Gasteiger charge is 2.39. The van der Waals surface area contributed by atoms with Crippen molar-refractivity contribution in [2.75, 3.05) is 52.7 Å². The summed E-state index contributed by atoms with van der Waals surface area (Å²) in [5.74, 6) is -6.82. The van der Waals surface area contributed by atoms with Gasteiger partial charge in [-0.3, -0.25) is 52.9 Å². The van der Waals surface area contributed by atoms with Gasteiger partial charge in [0, 0.05) is 70.9 Å². The van der Waals surface area contributed by atoms with E-state index < -0.39 is 98.0 Å². The van der Waals surface area contributed by atoms with E-state index in [1.54, 1.807) is 0 Å². The number of hydroxylamine groups is 6. The third kappa shape index (κ3) is 11.8. The Balaban J connectivity index is 1.17. The Labute approximate surface area is 304 Å². The SMILES string of the molecule is O=C(CCC(=O)N1CCC(OCCOC(=O)ON2C(=O)CCC2=O)(OCCOC(=O)ON2C(=O)CCC2=O)CC1)OCCOC(=O)ON1C(=O)CCC1=O. The van der Waals surface area contributed by atoms with Crippen molar-refractivity contribution in [3.8, 4) is 0 Å². The van der Waals surface area contributed by atoms with Crippen LogP contribution < -0.4 is 0 Å². The molecule has 7 amide bonds. The van der Waals surface area contributed by atoms with Crippen molar-refractivity contribution in [2.45, 2.75) is 70.0 Å². The van der Waals surface area contributed by atoms with Crippen molar-refractivity contribution in [3.05, 3.63) is 0 Å². The van der Waals surface area contributed by atoms with E-state index in [1.807, 2.05) is 0 Å². The highest BCUT2D eigenvalue weighted by atomic mass is 16.8. The third-order valence-electron chi connectivity index (χ3n) is 7.84. The Bertz CT molecular complexity index is 1420. The molecule has 0 aromatic rings. The average Bonchev–Trinajstić information content (AvgIpc) is 3.76. The van der Waals surface area contributed by atoms with Gasteiger partial charge in [0.05, 0.1) is 19.6 Å². The summed E-state index contributed by atoms with van der Waals surface area (Å²) in [5, 5.41) is 0.904. The van der Waals surface area contributed by atoms with Crippen LogP contribution in [-0.2, 0) is 81.3 Å². The van der Waals surface area contributed by atoms with Gasteiger partial charge in [-0.05, 0) is 0 Å². The summed E-state index contributed by atoms with van der Waals surface area (Å²) in [6.45, 7) is -2.09. The maximum absolute atomic E-state index is 12.8. The van der Waals surface area contributed by atoms with Gasteiger partial charge in [0.15, 0.2) is 5.79 Å². The Hall–Kier alpha value is -5.91. The summed E-state index contributed by atoms with van der Waals surface area (Å²) in [6.07, 6.45) is -5.12. The molecule has 4 aliphatic rings. The molecule has 0 atom stereocenters. The molecule has 24 heteroatoms. The molecule has 0 spiro atoms. The van der Waals surface area contributed by atoms with Crippen molar-refractivity contribution >= 4 is 65.8 Å². The van der Waals surface area contributed by atoms with E-state index in [1.165, 1.54) is 4.90 Å². The number of ether oxygens (including phenoxy) is 6. The predicted octanol–water partition coefficient (Wildman–Crippen LogP) is -0.687. The van der Waals surface area contributed by atoms with Crippen LogP contribution >= 0.6 is 0 Å². The molecule has 296 valence electrons. The lowest BCUT2D eigenvalue weighted by atomic mass is 10.0. The summed E-state index contributed by atoms with van der Waals surface area (Å²) in [4.78, 5) is 145. The molecule has 0 saturated carbocycles. The molecule has 0 N–H and O–H groups in total. The fraction of sp³-hybridized carbons (Fsp3) is 0.633. The van der Waals surface area contributed by atoms with Crippen LogP contribution in [0.3, 0.4) is 0 Å². The number of likely N-dealkylation sites (tertiary alicyclic amines) is 1. The molecule has 4 aliphatic heterocycles. The fourth-order valence-electron chi connectivity index (χ4n) is 5.13. The van der Waals surface area contributed by atoms with Crippen LogP contribution in [-0.4, -0.2) is 144 Å². The molecule has 0 aromatic heterocycles. The van der Waals surface area contributed by atoms with Gasteiger partial charge < -0.3 is 33.3 Å². The number of esters is 1. The fourth-order valence-corrected chi connectivity index (χ4v) is 5.13. The molecule has 54 heavy (non-hydrogen) atoms. The Morgan fingerprint density at radius 3 is 1.17 bits per heavy atom. The highest BCUT2D eigenvalue weighted by Crippen LogP contribution is 2.29. The summed E-state index contributed by atoms with van der Waals surface area (Å²) in [5.41, 5.74) is 0. The largest absolute Gasteiger partial charge is 0.534 e. The minimum Gasteiger partial charge on any atom is -0.462 e. The Morgan fingerprint density at radius 1 is 0.463 bits per heavy atom. The van der Waals surface area contributed by atoms with Crippen molar-refractivity contribution < 1.29 is 95.7 Å². The first-order valence-corrected chi connectivity index (χ1v) is 16.6. The van der Waals surface area contributed by atoms with Gasteiger partial charge in [0.25, 0.3) is 35.4 Å².